The molecule has 0 unspecified atom stereocenters. The van der Waals surface area contributed by atoms with Crippen LogP contribution in [0.15, 0.2) is 24.3 Å². The second-order valence-electron chi connectivity index (χ2n) is 9.64. The molecule has 1 aliphatic carbocycles. The summed E-state index contributed by atoms with van der Waals surface area (Å²) in [7, 11) is 0. The highest BCUT2D eigenvalue weighted by Gasteiger charge is 2.57. The zero-order valence-corrected chi connectivity index (χ0v) is 19.6. The molecule has 2 aliphatic heterocycles. The fraction of sp³-hybridized carbons (Fsp3) is 0.625. The van der Waals surface area contributed by atoms with E-state index in [0.717, 1.165) is 37.7 Å². The first kappa shape index (κ1) is 22.2. The van der Waals surface area contributed by atoms with Crippen LogP contribution in [0, 0.1) is 5.92 Å². The molecule has 3 amide bonds. The van der Waals surface area contributed by atoms with E-state index in [0.29, 0.717) is 5.56 Å². The molecule has 0 aromatic heterocycles. The van der Waals surface area contributed by atoms with Gasteiger partial charge in [-0.05, 0) is 44.2 Å². The maximum absolute atomic E-state index is 13.6. The second kappa shape index (κ2) is 8.49. The van der Waals surface area contributed by atoms with E-state index in [-0.39, 0.29) is 35.1 Å². The number of nitrogens with zero attached hydrogens (tertiary/aromatic N) is 1. The molecular weight excluding hydrogens is 410 g/mol. The van der Waals surface area contributed by atoms with Gasteiger partial charge < -0.3 is 15.5 Å². The summed E-state index contributed by atoms with van der Waals surface area (Å²) < 4.78 is -0.458. The Morgan fingerprint density at radius 2 is 1.90 bits per heavy atom. The van der Waals surface area contributed by atoms with Crippen molar-refractivity contribution in [1.82, 2.24) is 15.5 Å². The van der Waals surface area contributed by atoms with Crippen molar-refractivity contribution >= 4 is 29.5 Å². The standard InChI is InChI=1S/C24H33N3O3S/c1-5-14(2)18(20(28)25-15-10-6-7-11-15)26-21(29)19-24(3,4)31-23-17-13-9-8-12-16(17)22(30)27(19)23/h8-9,12-15,18-19,23H,5-7,10-11H2,1-4H3,(H,25,28)(H,26,29)/t14-,18+,19-,23+/m1/s1. The number of benzene rings is 1. The van der Waals surface area contributed by atoms with Gasteiger partial charge in [0.25, 0.3) is 5.91 Å². The SMILES string of the molecule is CC[C@@H](C)[C@H](NC(=O)[C@H]1N2C(=O)c3ccccc3[C@@H]2SC1(C)C)C(=O)NC1CCCC1. The zero-order chi connectivity index (χ0) is 22.3. The Morgan fingerprint density at radius 3 is 2.58 bits per heavy atom. The maximum atomic E-state index is 13.6. The van der Waals surface area contributed by atoms with Crippen molar-refractivity contribution in [3.05, 3.63) is 35.4 Å². The molecule has 1 aromatic carbocycles. The van der Waals surface area contributed by atoms with Gasteiger partial charge in [0.1, 0.15) is 17.5 Å². The molecule has 2 N–H and O–H groups in total. The third-order valence-electron chi connectivity index (χ3n) is 7.04. The lowest BCUT2D eigenvalue weighted by Crippen LogP contribution is -2.59. The summed E-state index contributed by atoms with van der Waals surface area (Å²) in [6.45, 7) is 8.03. The third-order valence-corrected chi connectivity index (χ3v) is 8.57. The van der Waals surface area contributed by atoms with Crippen molar-refractivity contribution in [2.45, 2.75) is 88.0 Å². The Hall–Kier alpha value is -2.02. The predicted octanol–water partition coefficient (Wildman–Crippen LogP) is 3.62. The van der Waals surface area contributed by atoms with E-state index in [2.05, 4.69) is 10.6 Å². The monoisotopic (exact) mass is 443 g/mol. The molecule has 1 saturated carbocycles. The average Bonchev–Trinajstić information content (AvgIpc) is 3.41. The summed E-state index contributed by atoms with van der Waals surface area (Å²) in [5.41, 5.74) is 1.64. The highest BCUT2D eigenvalue weighted by molar-refractivity contribution is 8.01. The highest BCUT2D eigenvalue weighted by atomic mass is 32.2. The van der Waals surface area contributed by atoms with Crippen LogP contribution in [0.1, 0.15) is 81.1 Å². The minimum atomic E-state index is -0.631. The number of fused-ring (bicyclic) bond motifs is 3. The van der Waals surface area contributed by atoms with E-state index >= 15 is 0 Å². The minimum Gasteiger partial charge on any atom is -0.352 e. The van der Waals surface area contributed by atoms with Crippen LogP contribution >= 0.6 is 11.8 Å². The number of nitrogens with one attached hydrogen (secondary N) is 2. The van der Waals surface area contributed by atoms with Gasteiger partial charge in [-0.15, -0.1) is 11.8 Å². The maximum Gasteiger partial charge on any atom is 0.256 e. The van der Waals surface area contributed by atoms with Crippen LogP contribution in [0.25, 0.3) is 0 Å². The van der Waals surface area contributed by atoms with E-state index in [9.17, 15) is 14.4 Å². The fourth-order valence-corrected chi connectivity index (χ4v) is 6.69. The minimum absolute atomic E-state index is 0.00444. The largest absolute Gasteiger partial charge is 0.352 e. The molecule has 1 saturated heterocycles. The van der Waals surface area contributed by atoms with Gasteiger partial charge in [-0.1, -0.05) is 51.3 Å². The second-order valence-corrected chi connectivity index (χ2v) is 11.4. The lowest BCUT2D eigenvalue weighted by Gasteiger charge is -2.32. The van der Waals surface area contributed by atoms with E-state index in [1.165, 1.54) is 0 Å². The summed E-state index contributed by atoms with van der Waals surface area (Å²) in [6, 6.07) is 6.56. The quantitative estimate of drug-likeness (QED) is 0.704. The number of hydrogen-bond acceptors (Lipinski definition) is 4. The molecule has 3 aliphatic rings. The van der Waals surface area contributed by atoms with Crippen LogP contribution < -0.4 is 10.6 Å². The summed E-state index contributed by atoms with van der Waals surface area (Å²) in [4.78, 5) is 41.5. The lowest BCUT2D eigenvalue weighted by molar-refractivity contribution is -0.133. The Labute approximate surface area is 188 Å². The molecule has 6 nitrogen and oxygen atoms in total. The molecule has 4 rings (SSSR count). The predicted molar refractivity (Wildman–Crippen MR) is 123 cm³/mol. The summed E-state index contributed by atoms with van der Waals surface area (Å²) in [6.07, 6.45) is 5.06. The van der Waals surface area contributed by atoms with Gasteiger partial charge in [0.15, 0.2) is 0 Å². The average molecular weight is 444 g/mol. The van der Waals surface area contributed by atoms with Crippen LogP contribution in [0.4, 0.5) is 0 Å². The molecule has 2 heterocycles. The molecule has 31 heavy (non-hydrogen) atoms. The van der Waals surface area contributed by atoms with Crippen molar-refractivity contribution in [2.24, 2.45) is 5.92 Å². The van der Waals surface area contributed by atoms with E-state index in [4.69, 9.17) is 0 Å². The molecular formula is C24H33N3O3S. The lowest BCUT2D eigenvalue weighted by atomic mass is 9.95. The number of carbonyl (C=O) groups excluding carboxylic acids is 3. The van der Waals surface area contributed by atoms with Crippen LogP contribution in [-0.2, 0) is 9.59 Å². The van der Waals surface area contributed by atoms with Gasteiger partial charge in [-0.2, -0.15) is 0 Å². The number of amides is 3. The van der Waals surface area contributed by atoms with Crippen molar-refractivity contribution in [1.29, 1.82) is 0 Å². The first-order valence-electron chi connectivity index (χ1n) is 11.4. The molecule has 0 bridgehead atoms. The van der Waals surface area contributed by atoms with Crippen LogP contribution in [-0.4, -0.2) is 45.5 Å². The Kier molecular flexibility index (Phi) is 6.08. The summed E-state index contributed by atoms with van der Waals surface area (Å²) >= 11 is 1.64. The van der Waals surface area contributed by atoms with Crippen molar-refractivity contribution in [3.63, 3.8) is 0 Å². The van der Waals surface area contributed by atoms with Gasteiger partial charge in [-0.25, -0.2) is 0 Å². The van der Waals surface area contributed by atoms with Gasteiger partial charge in [0.05, 0.1) is 0 Å². The Balaban J connectivity index is 1.55. The molecule has 7 heteroatoms. The third kappa shape index (κ3) is 3.97. The van der Waals surface area contributed by atoms with Gasteiger partial charge in [-0.3, -0.25) is 14.4 Å². The van der Waals surface area contributed by atoms with Crippen molar-refractivity contribution in [3.8, 4) is 0 Å². The van der Waals surface area contributed by atoms with Crippen molar-refractivity contribution in [2.75, 3.05) is 0 Å². The smallest absolute Gasteiger partial charge is 0.256 e. The van der Waals surface area contributed by atoms with Crippen LogP contribution in [0.2, 0.25) is 0 Å². The number of hydrogen-bond donors (Lipinski definition) is 2. The summed E-state index contributed by atoms with van der Waals surface area (Å²) in [5, 5.41) is 6.02. The van der Waals surface area contributed by atoms with Crippen LogP contribution in [0.3, 0.4) is 0 Å². The number of thioether (sulfide) groups is 1. The van der Waals surface area contributed by atoms with E-state index < -0.39 is 16.8 Å². The normalized spacial score (nSPS) is 26.3. The molecule has 2 fully saturated rings. The number of carbonyl (C=O) groups is 3. The van der Waals surface area contributed by atoms with Gasteiger partial charge in [0.2, 0.25) is 11.8 Å². The Bertz CT molecular complexity index is 881. The molecule has 0 radical (unpaired) electrons. The first-order valence-corrected chi connectivity index (χ1v) is 12.3. The molecule has 168 valence electrons. The first-order chi connectivity index (χ1) is 14.7. The van der Waals surface area contributed by atoms with E-state index in [1.807, 2.05) is 52.0 Å². The zero-order valence-electron chi connectivity index (χ0n) is 18.8. The topological polar surface area (TPSA) is 78.5 Å². The number of rotatable bonds is 6. The summed E-state index contributed by atoms with van der Waals surface area (Å²) in [5.74, 6) is -0.446. The highest BCUT2D eigenvalue weighted by Crippen LogP contribution is 2.56. The molecule has 1 aromatic rings. The molecule has 4 atom stereocenters. The fourth-order valence-electron chi connectivity index (χ4n) is 5.10. The molecule has 0 spiro atoms. The van der Waals surface area contributed by atoms with Crippen molar-refractivity contribution < 1.29 is 14.4 Å². The van der Waals surface area contributed by atoms with Crippen LogP contribution in [0.5, 0.6) is 0 Å². The van der Waals surface area contributed by atoms with Gasteiger partial charge in [0, 0.05) is 16.4 Å². The van der Waals surface area contributed by atoms with Gasteiger partial charge >= 0.3 is 0 Å². The Morgan fingerprint density at radius 1 is 1.23 bits per heavy atom. The van der Waals surface area contributed by atoms with E-state index in [1.54, 1.807) is 16.7 Å².